The molecule has 0 atom stereocenters. The largest absolute Gasteiger partial charge is 0.467 e. The Morgan fingerprint density at radius 2 is 1.96 bits per heavy atom. The van der Waals surface area contributed by atoms with Gasteiger partial charge in [0.1, 0.15) is 11.6 Å². The average molecular weight is 377 g/mol. The Bertz CT molecular complexity index is 837. The van der Waals surface area contributed by atoms with Gasteiger partial charge in [0, 0.05) is 28.4 Å². The molecule has 1 aromatic carbocycles. The van der Waals surface area contributed by atoms with Crippen LogP contribution in [0.5, 0.6) is 0 Å². The molecule has 0 bridgehead atoms. The van der Waals surface area contributed by atoms with Gasteiger partial charge in [0.25, 0.3) is 0 Å². The van der Waals surface area contributed by atoms with Crippen LogP contribution in [0.4, 0.5) is 11.8 Å². The SMILES string of the molecule is Cc1cc(NCc2ccco2)nc(NCCc2ccc(Cl)cc2Cl)n1. The third kappa shape index (κ3) is 5.11. The van der Waals surface area contributed by atoms with Crippen molar-refractivity contribution in [2.24, 2.45) is 0 Å². The summed E-state index contributed by atoms with van der Waals surface area (Å²) < 4.78 is 5.31. The van der Waals surface area contributed by atoms with E-state index in [-0.39, 0.29) is 0 Å². The molecule has 0 fully saturated rings. The molecule has 0 saturated heterocycles. The van der Waals surface area contributed by atoms with Gasteiger partial charge < -0.3 is 15.1 Å². The molecular formula is C18H18Cl2N4O. The lowest BCUT2D eigenvalue weighted by Gasteiger charge is -2.10. The zero-order valence-corrected chi connectivity index (χ0v) is 15.2. The molecule has 0 radical (unpaired) electrons. The van der Waals surface area contributed by atoms with Gasteiger partial charge >= 0.3 is 0 Å². The van der Waals surface area contributed by atoms with Crippen molar-refractivity contribution in [2.45, 2.75) is 19.9 Å². The maximum Gasteiger partial charge on any atom is 0.224 e. The monoisotopic (exact) mass is 376 g/mol. The summed E-state index contributed by atoms with van der Waals surface area (Å²) in [5, 5.41) is 7.77. The lowest BCUT2D eigenvalue weighted by molar-refractivity contribution is 0.518. The lowest BCUT2D eigenvalue weighted by Crippen LogP contribution is -2.10. The van der Waals surface area contributed by atoms with Crippen LogP contribution in [0.1, 0.15) is 17.0 Å². The zero-order valence-electron chi connectivity index (χ0n) is 13.7. The van der Waals surface area contributed by atoms with Gasteiger partial charge in [0.15, 0.2) is 0 Å². The lowest BCUT2D eigenvalue weighted by atomic mass is 10.1. The van der Waals surface area contributed by atoms with Crippen molar-refractivity contribution < 1.29 is 4.42 Å². The Labute approximate surface area is 156 Å². The number of aryl methyl sites for hydroxylation is 1. The van der Waals surface area contributed by atoms with Gasteiger partial charge in [-0.25, -0.2) is 4.98 Å². The summed E-state index contributed by atoms with van der Waals surface area (Å²) in [6.07, 6.45) is 2.40. The molecule has 2 aromatic heterocycles. The molecular weight excluding hydrogens is 359 g/mol. The Balaban J connectivity index is 1.58. The number of furan rings is 1. The first-order valence-corrected chi connectivity index (χ1v) is 8.65. The molecule has 2 N–H and O–H groups in total. The van der Waals surface area contributed by atoms with E-state index in [4.69, 9.17) is 27.6 Å². The van der Waals surface area contributed by atoms with Gasteiger partial charge in [0.05, 0.1) is 12.8 Å². The molecule has 0 aliphatic rings. The number of benzene rings is 1. The molecule has 2 heterocycles. The van der Waals surface area contributed by atoms with Crippen molar-refractivity contribution in [3.8, 4) is 0 Å². The van der Waals surface area contributed by atoms with Crippen molar-refractivity contribution >= 4 is 35.0 Å². The van der Waals surface area contributed by atoms with E-state index < -0.39 is 0 Å². The Morgan fingerprint density at radius 1 is 1.08 bits per heavy atom. The zero-order chi connectivity index (χ0) is 17.6. The molecule has 7 heteroatoms. The Kier molecular flexibility index (Phi) is 5.79. The molecule has 0 aliphatic carbocycles. The maximum absolute atomic E-state index is 6.19. The van der Waals surface area contributed by atoms with E-state index in [2.05, 4.69) is 20.6 Å². The molecule has 3 rings (SSSR count). The molecule has 0 saturated carbocycles. The number of halogens is 2. The maximum atomic E-state index is 6.19. The standard InChI is InChI=1S/C18H18Cl2N4O/c1-12-9-17(22-11-15-3-2-8-25-15)24-18(23-12)21-7-6-13-4-5-14(19)10-16(13)20/h2-5,8-10H,6-7,11H2,1H3,(H2,21,22,23,24). The van der Waals surface area contributed by atoms with Crippen LogP contribution in [0.2, 0.25) is 10.0 Å². The van der Waals surface area contributed by atoms with Crippen LogP contribution in [0.15, 0.2) is 47.1 Å². The second kappa shape index (κ2) is 8.23. The van der Waals surface area contributed by atoms with Crippen LogP contribution < -0.4 is 10.6 Å². The summed E-state index contributed by atoms with van der Waals surface area (Å²) in [4.78, 5) is 8.88. The molecule has 3 aromatic rings. The summed E-state index contributed by atoms with van der Waals surface area (Å²) in [6, 6.07) is 11.2. The fourth-order valence-corrected chi connectivity index (χ4v) is 2.87. The predicted octanol–water partition coefficient (Wildman–Crippen LogP) is 4.95. The molecule has 0 unspecified atom stereocenters. The molecule has 0 aliphatic heterocycles. The third-order valence-corrected chi connectivity index (χ3v) is 4.16. The minimum Gasteiger partial charge on any atom is -0.467 e. The van der Waals surface area contributed by atoms with Gasteiger partial charge in [-0.1, -0.05) is 29.3 Å². The van der Waals surface area contributed by atoms with E-state index in [0.717, 1.165) is 29.3 Å². The normalized spacial score (nSPS) is 10.7. The van der Waals surface area contributed by atoms with Crippen molar-refractivity contribution in [1.29, 1.82) is 0 Å². The van der Waals surface area contributed by atoms with Crippen LogP contribution in [0.3, 0.4) is 0 Å². The highest BCUT2D eigenvalue weighted by atomic mass is 35.5. The number of nitrogens with one attached hydrogen (secondary N) is 2. The average Bonchev–Trinajstić information content (AvgIpc) is 3.08. The van der Waals surface area contributed by atoms with E-state index in [1.807, 2.05) is 37.3 Å². The van der Waals surface area contributed by atoms with Gasteiger partial charge in [-0.3, -0.25) is 0 Å². The van der Waals surface area contributed by atoms with Crippen LogP contribution >= 0.6 is 23.2 Å². The van der Waals surface area contributed by atoms with Crippen LogP contribution in [-0.2, 0) is 13.0 Å². The molecule has 0 amide bonds. The highest BCUT2D eigenvalue weighted by Crippen LogP contribution is 2.21. The first-order valence-electron chi connectivity index (χ1n) is 7.90. The first-order chi connectivity index (χ1) is 12.1. The third-order valence-electron chi connectivity index (χ3n) is 3.57. The second-order valence-electron chi connectivity index (χ2n) is 5.56. The summed E-state index contributed by atoms with van der Waals surface area (Å²) in [7, 11) is 0. The number of hydrogen-bond donors (Lipinski definition) is 2. The van der Waals surface area contributed by atoms with Gasteiger partial charge in [0.2, 0.25) is 5.95 Å². The van der Waals surface area contributed by atoms with Crippen LogP contribution in [-0.4, -0.2) is 16.5 Å². The number of rotatable bonds is 7. The summed E-state index contributed by atoms with van der Waals surface area (Å²) in [5.41, 5.74) is 1.91. The summed E-state index contributed by atoms with van der Waals surface area (Å²) in [6.45, 7) is 3.17. The number of hydrogen-bond acceptors (Lipinski definition) is 5. The van der Waals surface area contributed by atoms with Gasteiger partial charge in [-0.2, -0.15) is 4.98 Å². The highest BCUT2D eigenvalue weighted by Gasteiger charge is 2.05. The van der Waals surface area contributed by atoms with E-state index in [0.29, 0.717) is 29.1 Å². The van der Waals surface area contributed by atoms with Gasteiger partial charge in [-0.15, -0.1) is 0 Å². The van der Waals surface area contributed by atoms with Crippen molar-refractivity contribution in [3.05, 3.63) is 69.7 Å². The van der Waals surface area contributed by atoms with Crippen molar-refractivity contribution in [3.63, 3.8) is 0 Å². The van der Waals surface area contributed by atoms with E-state index in [1.54, 1.807) is 12.3 Å². The number of nitrogens with zero attached hydrogens (tertiary/aromatic N) is 2. The fourth-order valence-electron chi connectivity index (χ4n) is 2.36. The minimum atomic E-state index is 0.573. The molecule has 130 valence electrons. The molecule has 0 spiro atoms. The molecule has 25 heavy (non-hydrogen) atoms. The van der Waals surface area contributed by atoms with Crippen molar-refractivity contribution in [1.82, 2.24) is 9.97 Å². The smallest absolute Gasteiger partial charge is 0.224 e. The van der Waals surface area contributed by atoms with Crippen molar-refractivity contribution in [2.75, 3.05) is 17.2 Å². The summed E-state index contributed by atoms with van der Waals surface area (Å²) in [5.74, 6) is 2.17. The van der Waals surface area contributed by atoms with E-state index >= 15 is 0 Å². The quantitative estimate of drug-likeness (QED) is 0.610. The topological polar surface area (TPSA) is 63.0 Å². The Hall–Kier alpha value is -2.24. The fraction of sp³-hybridized carbons (Fsp3) is 0.222. The second-order valence-corrected chi connectivity index (χ2v) is 6.41. The van der Waals surface area contributed by atoms with Crippen LogP contribution in [0, 0.1) is 6.92 Å². The minimum absolute atomic E-state index is 0.573. The first kappa shape index (κ1) is 17.6. The van der Waals surface area contributed by atoms with E-state index in [9.17, 15) is 0 Å². The van der Waals surface area contributed by atoms with Crippen LogP contribution in [0.25, 0.3) is 0 Å². The summed E-state index contributed by atoms with van der Waals surface area (Å²) >= 11 is 12.1. The van der Waals surface area contributed by atoms with E-state index in [1.165, 1.54) is 0 Å². The predicted molar refractivity (Wildman–Crippen MR) is 101 cm³/mol. The molecule has 5 nitrogen and oxygen atoms in total. The van der Waals surface area contributed by atoms with Gasteiger partial charge in [-0.05, 0) is 43.2 Å². The highest BCUT2D eigenvalue weighted by molar-refractivity contribution is 6.35. The number of aromatic nitrogens is 2. The number of anilines is 2. The Morgan fingerprint density at radius 3 is 2.72 bits per heavy atom.